The molecule has 0 heterocycles. The molecule has 0 fully saturated rings. The van der Waals surface area contributed by atoms with Gasteiger partial charge in [-0.15, -0.1) is 0 Å². The number of carbonyl (C=O) groups excluding carboxylic acids is 2. The lowest BCUT2D eigenvalue weighted by Gasteiger charge is -2.33. The molecule has 0 saturated carbocycles. The highest BCUT2D eigenvalue weighted by atomic mass is 32.2. The SMILES string of the molecule is CC[C@@H](C)NC(=O)[C@H](CC)N(Cc1ccccc1)C(=O)CN(c1cc(C)ccc1C)S(C)(=O)=O. The third-order valence-corrected chi connectivity index (χ3v) is 7.02. The van der Waals surface area contributed by atoms with Crippen LogP contribution in [0.15, 0.2) is 48.5 Å². The van der Waals surface area contributed by atoms with E-state index in [0.717, 1.165) is 33.7 Å². The number of rotatable bonds is 11. The van der Waals surface area contributed by atoms with Gasteiger partial charge >= 0.3 is 0 Å². The van der Waals surface area contributed by atoms with Gasteiger partial charge in [0.15, 0.2) is 0 Å². The van der Waals surface area contributed by atoms with E-state index in [-0.39, 0.29) is 25.0 Å². The molecule has 7 nitrogen and oxygen atoms in total. The van der Waals surface area contributed by atoms with Gasteiger partial charge in [-0.05, 0) is 56.4 Å². The average Bonchev–Trinajstić information content (AvgIpc) is 2.78. The number of nitrogens with one attached hydrogen (secondary N) is 1. The molecule has 8 heteroatoms. The Bertz CT molecular complexity index is 1090. The first-order valence-corrected chi connectivity index (χ1v) is 13.5. The fourth-order valence-electron chi connectivity index (χ4n) is 3.72. The lowest BCUT2D eigenvalue weighted by Crippen LogP contribution is -2.53. The molecule has 0 bridgehead atoms. The van der Waals surface area contributed by atoms with E-state index in [2.05, 4.69) is 5.32 Å². The Morgan fingerprint density at radius 2 is 1.65 bits per heavy atom. The van der Waals surface area contributed by atoms with Crippen LogP contribution in [-0.2, 0) is 26.2 Å². The summed E-state index contributed by atoms with van der Waals surface area (Å²) in [6.07, 6.45) is 2.27. The molecule has 0 aromatic heterocycles. The molecule has 0 radical (unpaired) electrons. The Kier molecular flexibility index (Phi) is 9.67. The average molecular weight is 488 g/mol. The molecule has 0 aliphatic rings. The smallest absolute Gasteiger partial charge is 0.244 e. The molecular formula is C26H37N3O4S. The molecule has 2 aromatic carbocycles. The van der Waals surface area contributed by atoms with E-state index in [4.69, 9.17) is 0 Å². The maximum absolute atomic E-state index is 13.7. The standard InChI is InChI=1S/C26H37N3O4S/c1-7-21(5)27-26(31)23(8-2)28(17-22-12-10-9-11-13-22)25(30)18-29(34(6,32)33)24-16-19(3)14-15-20(24)4/h9-16,21,23H,7-8,17-18H2,1-6H3,(H,27,31)/t21-,23+/m1/s1. The Morgan fingerprint density at radius 3 is 2.21 bits per heavy atom. The molecule has 2 atom stereocenters. The molecule has 2 rings (SSSR count). The number of sulfonamides is 1. The van der Waals surface area contributed by atoms with Crippen molar-refractivity contribution in [2.75, 3.05) is 17.1 Å². The Hall–Kier alpha value is -2.87. The Balaban J connectivity index is 2.45. The molecule has 2 aromatic rings. The molecule has 186 valence electrons. The van der Waals surface area contributed by atoms with Gasteiger partial charge in [0.25, 0.3) is 0 Å². The first-order chi connectivity index (χ1) is 16.0. The summed E-state index contributed by atoms with van der Waals surface area (Å²) in [5.74, 6) is -0.667. The number of nitrogens with zero attached hydrogens (tertiary/aromatic N) is 2. The molecule has 0 saturated heterocycles. The van der Waals surface area contributed by atoms with Gasteiger partial charge in [-0.25, -0.2) is 8.42 Å². The van der Waals surface area contributed by atoms with Crippen molar-refractivity contribution in [3.8, 4) is 0 Å². The number of hydrogen-bond donors (Lipinski definition) is 1. The third-order valence-electron chi connectivity index (χ3n) is 5.90. The molecule has 0 unspecified atom stereocenters. The summed E-state index contributed by atoms with van der Waals surface area (Å²) in [7, 11) is -3.75. The minimum absolute atomic E-state index is 0.0299. The van der Waals surface area contributed by atoms with Gasteiger partial charge in [0, 0.05) is 12.6 Å². The molecule has 0 aliphatic heterocycles. The van der Waals surface area contributed by atoms with Gasteiger partial charge in [0.2, 0.25) is 21.8 Å². The minimum atomic E-state index is -3.75. The van der Waals surface area contributed by atoms with Crippen molar-refractivity contribution in [2.24, 2.45) is 0 Å². The van der Waals surface area contributed by atoms with Crippen LogP contribution < -0.4 is 9.62 Å². The fraction of sp³-hybridized carbons (Fsp3) is 0.462. The minimum Gasteiger partial charge on any atom is -0.352 e. The van der Waals surface area contributed by atoms with E-state index in [1.165, 1.54) is 4.90 Å². The van der Waals surface area contributed by atoms with Crippen molar-refractivity contribution >= 4 is 27.5 Å². The fourth-order valence-corrected chi connectivity index (χ4v) is 4.62. The highest BCUT2D eigenvalue weighted by Crippen LogP contribution is 2.25. The number of carbonyl (C=O) groups is 2. The van der Waals surface area contributed by atoms with Crippen molar-refractivity contribution in [1.29, 1.82) is 0 Å². The number of benzene rings is 2. The highest BCUT2D eigenvalue weighted by molar-refractivity contribution is 7.92. The van der Waals surface area contributed by atoms with Crippen LogP contribution in [0.4, 0.5) is 5.69 Å². The third kappa shape index (κ3) is 7.32. The first-order valence-electron chi connectivity index (χ1n) is 11.7. The maximum atomic E-state index is 13.7. The summed E-state index contributed by atoms with van der Waals surface area (Å²) in [6, 6.07) is 14.1. The summed E-state index contributed by atoms with van der Waals surface area (Å²) in [6.45, 7) is 9.25. The van der Waals surface area contributed by atoms with Crippen LogP contribution in [-0.4, -0.2) is 50.0 Å². The molecule has 1 N–H and O–H groups in total. The highest BCUT2D eigenvalue weighted by Gasteiger charge is 2.32. The van der Waals surface area contributed by atoms with Crippen LogP contribution in [0.1, 0.15) is 50.3 Å². The second-order valence-corrected chi connectivity index (χ2v) is 10.7. The molecule has 2 amide bonds. The van der Waals surface area contributed by atoms with E-state index in [9.17, 15) is 18.0 Å². The van der Waals surface area contributed by atoms with Crippen LogP contribution in [0.3, 0.4) is 0 Å². The zero-order valence-corrected chi connectivity index (χ0v) is 21.9. The molecular weight excluding hydrogens is 450 g/mol. The summed E-state index contributed by atoms with van der Waals surface area (Å²) in [5, 5.41) is 2.97. The zero-order chi connectivity index (χ0) is 25.5. The zero-order valence-electron chi connectivity index (χ0n) is 21.0. The van der Waals surface area contributed by atoms with Crippen molar-refractivity contribution in [2.45, 2.75) is 66.1 Å². The lowest BCUT2D eigenvalue weighted by molar-refractivity contribution is -0.140. The molecule has 0 spiro atoms. The van der Waals surface area contributed by atoms with Crippen LogP contribution in [0.5, 0.6) is 0 Å². The van der Waals surface area contributed by atoms with Gasteiger partial charge in [0.05, 0.1) is 11.9 Å². The summed E-state index contributed by atoms with van der Waals surface area (Å²) in [4.78, 5) is 28.3. The normalized spacial score (nSPS) is 13.1. The van der Waals surface area contributed by atoms with Crippen LogP contribution in [0.25, 0.3) is 0 Å². The first kappa shape index (κ1) is 27.4. The van der Waals surface area contributed by atoms with Gasteiger partial charge in [0.1, 0.15) is 12.6 Å². The predicted octanol–water partition coefficient (Wildman–Crippen LogP) is 3.79. The number of anilines is 1. The van der Waals surface area contributed by atoms with Crippen LogP contribution >= 0.6 is 0 Å². The largest absolute Gasteiger partial charge is 0.352 e. The van der Waals surface area contributed by atoms with Gasteiger partial charge in [-0.3, -0.25) is 13.9 Å². The van der Waals surface area contributed by atoms with Crippen LogP contribution in [0, 0.1) is 13.8 Å². The van der Waals surface area contributed by atoms with E-state index in [0.29, 0.717) is 12.1 Å². The second kappa shape index (κ2) is 12.0. The lowest BCUT2D eigenvalue weighted by atomic mass is 10.1. The van der Waals surface area contributed by atoms with Gasteiger partial charge in [-0.2, -0.15) is 0 Å². The number of amides is 2. The van der Waals surface area contributed by atoms with Gasteiger partial charge < -0.3 is 10.2 Å². The number of aryl methyl sites for hydroxylation is 2. The number of hydrogen-bond acceptors (Lipinski definition) is 4. The Morgan fingerprint density at radius 1 is 1.00 bits per heavy atom. The monoisotopic (exact) mass is 487 g/mol. The summed E-state index contributed by atoms with van der Waals surface area (Å²) < 4.78 is 26.6. The Labute approximate surface area is 204 Å². The maximum Gasteiger partial charge on any atom is 0.244 e. The van der Waals surface area contributed by atoms with Crippen molar-refractivity contribution in [3.63, 3.8) is 0 Å². The van der Waals surface area contributed by atoms with Crippen LogP contribution in [0.2, 0.25) is 0 Å². The molecule has 34 heavy (non-hydrogen) atoms. The summed E-state index contributed by atoms with van der Waals surface area (Å²) >= 11 is 0. The van der Waals surface area contributed by atoms with E-state index in [1.807, 2.05) is 77.1 Å². The van der Waals surface area contributed by atoms with E-state index < -0.39 is 22.0 Å². The van der Waals surface area contributed by atoms with E-state index >= 15 is 0 Å². The summed E-state index contributed by atoms with van der Waals surface area (Å²) in [5.41, 5.74) is 2.97. The predicted molar refractivity (Wildman–Crippen MR) is 137 cm³/mol. The van der Waals surface area contributed by atoms with Crippen molar-refractivity contribution < 1.29 is 18.0 Å². The quantitative estimate of drug-likeness (QED) is 0.522. The molecule has 0 aliphatic carbocycles. The van der Waals surface area contributed by atoms with Crippen molar-refractivity contribution in [3.05, 3.63) is 65.2 Å². The second-order valence-electron chi connectivity index (χ2n) is 8.81. The van der Waals surface area contributed by atoms with E-state index in [1.54, 1.807) is 6.07 Å². The topological polar surface area (TPSA) is 86.8 Å². The van der Waals surface area contributed by atoms with Gasteiger partial charge in [-0.1, -0.05) is 56.3 Å². The van der Waals surface area contributed by atoms with Crippen molar-refractivity contribution in [1.82, 2.24) is 10.2 Å².